The Hall–Kier alpha value is -4.36. The molecule has 2 aliphatic carbocycles. The second-order valence-corrected chi connectivity index (χ2v) is 10.2. The van der Waals surface area contributed by atoms with Crippen LogP contribution in [0.2, 0.25) is 0 Å². The molecule has 0 fully saturated rings. The van der Waals surface area contributed by atoms with Gasteiger partial charge in [-0.3, -0.25) is 31.8 Å². The molecule has 0 amide bonds. The summed E-state index contributed by atoms with van der Waals surface area (Å²) in [5.41, 5.74) is 14.1. The molecule has 4 aromatic carbocycles. The number of fused-ring (bicyclic) bond motifs is 6. The van der Waals surface area contributed by atoms with Gasteiger partial charge in [-0.05, 0) is 57.3 Å². The number of rotatable bonds is 2. The van der Waals surface area contributed by atoms with Crippen molar-refractivity contribution >= 4 is 0 Å². The van der Waals surface area contributed by atoms with Crippen LogP contribution in [0.1, 0.15) is 44.8 Å². The van der Waals surface area contributed by atoms with E-state index in [1.807, 2.05) is 24.3 Å². The molecule has 0 N–H and O–H groups in total. The standard InChI is InChI=1S/2C15H9.C9H8N4.2Au/c2*1-2-11-7-8-13-10-12-5-3-4-6-14(12)15(13)9-11;1-3-12-8(6-10-1)5-9-7-11-2-4-13-9;;/h2*3-9H,10H2;1-4,6-7H,5H2;;/q2*-1;;2*+1. The van der Waals surface area contributed by atoms with Crippen LogP contribution in [0.3, 0.4) is 0 Å². The van der Waals surface area contributed by atoms with Crippen LogP contribution in [0.5, 0.6) is 0 Å². The van der Waals surface area contributed by atoms with Gasteiger partial charge in [0.25, 0.3) is 0 Å². The molecule has 0 saturated heterocycles. The summed E-state index contributed by atoms with van der Waals surface area (Å²) in [4.78, 5) is 16.2. The van der Waals surface area contributed by atoms with E-state index in [9.17, 15) is 0 Å². The third-order valence-electron chi connectivity index (χ3n) is 7.48. The molecule has 2 aromatic heterocycles. The van der Waals surface area contributed by atoms with E-state index in [4.69, 9.17) is 12.8 Å². The Labute approximate surface area is 295 Å². The number of hydrogen-bond acceptors (Lipinski definition) is 4. The minimum absolute atomic E-state index is 0. The Morgan fingerprint density at radius 2 is 0.933 bits per heavy atom. The second-order valence-electron chi connectivity index (χ2n) is 10.2. The van der Waals surface area contributed by atoms with Crippen LogP contribution in [0.15, 0.2) is 122 Å². The molecule has 4 nitrogen and oxygen atoms in total. The second kappa shape index (κ2) is 16.1. The number of hydrogen-bond donors (Lipinski definition) is 0. The largest absolute Gasteiger partial charge is 1.00 e. The summed E-state index contributed by atoms with van der Waals surface area (Å²) in [5, 5.41) is 0. The predicted molar refractivity (Wildman–Crippen MR) is 169 cm³/mol. The van der Waals surface area contributed by atoms with E-state index in [-0.39, 0.29) is 44.8 Å². The van der Waals surface area contributed by atoms with Gasteiger partial charge in [0.2, 0.25) is 0 Å². The quantitative estimate of drug-likeness (QED) is 0.104. The molecule has 6 aromatic rings. The van der Waals surface area contributed by atoms with Gasteiger partial charge in [-0.1, -0.05) is 60.7 Å². The van der Waals surface area contributed by atoms with Crippen LogP contribution < -0.4 is 0 Å². The van der Waals surface area contributed by atoms with Gasteiger partial charge in [-0.15, -0.1) is 35.4 Å². The first-order chi connectivity index (χ1) is 21.2. The molecule has 45 heavy (non-hydrogen) atoms. The van der Waals surface area contributed by atoms with Gasteiger partial charge in [0.05, 0.1) is 11.4 Å². The molecule has 2 aliphatic rings. The molecule has 0 unspecified atom stereocenters. The molecule has 0 spiro atoms. The monoisotopic (exact) mass is 944 g/mol. The minimum atomic E-state index is 0. The smallest absolute Gasteiger partial charge is 0.366 e. The summed E-state index contributed by atoms with van der Waals surface area (Å²) in [6.45, 7) is 0. The van der Waals surface area contributed by atoms with E-state index in [0.717, 1.165) is 35.4 Å². The van der Waals surface area contributed by atoms with Crippen LogP contribution in [0.25, 0.3) is 22.3 Å². The van der Waals surface area contributed by atoms with Crippen molar-refractivity contribution in [2.24, 2.45) is 0 Å². The number of aromatic nitrogens is 4. The van der Waals surface area contributed by atoms with Gasteiger partial charge in [0.1, 0.15) is 0 Å². The molecular weight excluding hydrogens is 918 g/mol. The first-order valence-corrected chi connectivity index (χ1v) is 14.0. The normalized spacial score (nSPS) is 10.6. The van der Waals surface area contributed by atoms with Crippen LogP contribution in [-0.2, 0) is 64.0 Å². The van der Waals surface area contributed by atoms with Crippen molar-refractivity contribution in [2.75, 3.05) is 0 Å². The fourth-order valence-corrected chi connectivity index (χ4v) is 5.43. The molecule has 8 rings (SSSR count). The maximum atomic E-state index is 7.14. The minimum Gasteiger partial charge on any atom is -0.366 e. The van der Waals surface area contributed by atoms with E-state index in [1.165, 1.54) is 44.5 Å². The van der Waals surface area contributed by atoms with Crippen molar-refractivity contribution in [1.82, 2.24) is 19.9 Å². The summed E-state index contributed by atoms with van der Waals surface area (Å²) in [7, 11) is 0. The van der Waals surface area contributed by atoms with E-state index in [2.05, 4.69) is 92.4 Å². The van der Waals surface area contributed by atoms with Crippen molar-refractivity contribution in [3.05, 3.63) is 180 Å². The maximum Gasteiger partial charge on any atom is 1.00 e. The third kappa shape index (κ3) is 8.03. The Bertz CT molecular complexity index is 1830. The Morgan fingerprint density at radius 1 is 0.511 bits per heavy atom. The van der Waals surface area contributed by atoms with Crippen LogP contribution in [0, 0.1) is 24.7 Å². The fraction of sp³-hybridized carbons (Fsp3) is 0.0769. The van der Waals surface area contributed by atoms with Crippen LogP contribution in [0.4, 0.5) is 0 Å². The Kier molecular flexibility index (Phi) is 12.0. The Balaban J connectivity index is 0.000000151. The first-order valence-electron chi connectivity index (χ1n) is 14.0. The molecular formula is C39H26Au2N4. The molecule has 0 bridgehead atoms. The van der Waals surface area contributed by atoms with E-state index in [0.29, 0.717) is 6.42 Å². The number of benzene rings is 4. The summed E-state index contributed by atoms with van der Waals surface area (Å²) in [6, 6.07) is 29.1. The van der Waals surface area contributed by atoms with Crippen molar-refractivity contribution < 1.29 is 44.8 Å². The predicted octanol–water partition coefficient (Wildman–Crippen LogP) is 7.24. The summed E-state index contributed by atoms with van der Waals surface area (Å²) < 4.78 is 0. The SMILES string of the molecule is [Au+].[Au+].[C-]#Cc1ccc2c(c1)-c1ccccc1C2.[C-]#Cc1ccc2c(c1)-c1ccccc1C2.c1cnc(Cc2cnccn2)cn1. The van der Waals surface area contributed by atoms with Crippen molar-refractivity contribution in [3.63, 3.8) is 0 Å². The van der Waals surface area contributed by atoms with Gasteiger partial charge in [0.15, 0.2) is 0 Å². The number of nitrogens with zero attached hydrogens (tertiary/aromatic N) is 4. The third-order valence-corrected chi connectivity index (χ3v) is 7.48. The van der Waals surface area contributed by atoms with Crippen LogP contribution in [-0.4, -0.2) is 19.9 Å². The zero-order valence-electron chi connectivity index (χ0n) is 24.1. The average molecular weight is 945 g/mol. The van der Waals surface area contributed by atoms with Crippen molar-refractivity contribution in [2.45, 2.75) is 19.3 Å². The van der Waals surface area contributed by atoms with Gasteiger partial charge in [0, 0.05) is 43.6 Å². The summed E-state index contributed by atoms with van der Waals surface area (Å²) in [6.07, 6.45) is 27.1. The molecule has 0 radical (unpaired) electrons. The van der Waals surface area contributed by atoms with E-state index >= 15 is 0 Å². The van der Waals surface area contributed by atoms with Crippen molar-refractivity contribution in [3.8, 4) is 34.1 Å². The van der Waals surface area contributed by atoms with Gasteiger partial charge >= 0.3 is 44.8 Å². The summed E-state index contributed by atoms with van der Waals surface area (Å²) >= 11 is 0. The Morgan fingerprint density at radius 3 is 1.33 bits per heavy atom. The van der Waals surface area contributed by atoms with Gasteiger partial charge in [-0.25, -0.2) is 0 Å². The van der Waals surface area contributed by atoms with Gasteiger partial charge in [-0.2, -0.15) is 0 Å². The molecule has 0 aliphatic heterocycles. The molecule has 224 valence electrons. The molecule has 2 heterocycles. The van der Waals surface area contributed by atoms with Crippen LogP contribution >= 0.6 is 0 Å². The molecule has 0 atom stereocenters. The van der Waals surface area contributed by atoms with Crippen molar-refractivity contribution in [1.29, 1.82) is 0 Å². The zero-order chi connectivity index (χ0) is 29.4. The topological polar surface area (TPSA) is 51.6 Å². The molecule has 6 heteroatoms. The van der Waals surface area contributed by atoms with E-state index in [1.54, 1.807) is 37.2 Å². The maximum absolute atomic E-state index is 7.14. The average Bonchev–Trinajstić information content (AvgIpc) is 3.64. The fourth-order valence-electron chi connectivity index (χ4n) is 5.43. The zero-order valence-corrected chi connectivity index (χ0v) is 28.4. The van der Waals surface area contributed by atoms with E-state index < -0.39 is 0 Å². The van der Waals surface area contributed by atoms with Gasteiger partial charge < -0.3 is 12.8 Å². The molecule has 0 saturated carbocycles. The first kappa shape index (κ1) is 33.5. The summed E-state index contributed by atoms with van der Waals surface area (Å²) in [5.74, 6) is 4.87.